The van der Waals surface area contributed by atoms with Crippen molar-refractivity contribution in [1.29, 1.82) is 0 Å². The molecule has 0 aromatic heterocycles. The minimum atomic E-state index is -0.408. The van der Waals surface area contributed by atoms with Crippen molar-refractivity contribution < 1.29 is 9.59 Å². The highest BCUT2D eigenvalue weighted by Gasteiger charge is 2.36. The second-order valence-corrected chi connectivity index (χ2v) is 4.59. The SMILES string of the molecule is O=C1C(=O)N(CN2CCNCC2)c2ccccc21. The minimum Gasteiger partial charge on any atom is -0.314 e. The monoisotopic (exact) mass is 245 g/mol. The maximum Gasteiger partial charge on any atom is 0.300 e. The molecule has 0 spiro atoms. The van der Waals surface area contributed by atoms with Crippen LogP contribution in [0, 0.1) is 0 Å². The molecule has 0 unspecified atom stereocenters. The molecular formula is C13H15N3O2. The van der Waals surface area contributed by atoms with Gasteiger partial charge in [-0.1, -0.05) is 12.1 Å². The number of para-hydroxylation sites is 1. The number of nitrogens with zero attached hydrogens (tertiary/aromatic N) is 2. The van der Waals surface area contributed by atoms with E-state index in [1.165, 1.54) is 0 Å². The normalized spacial score (nSPS) is 20.3. The summed E-state index contributed by atoms with van der Waals surface area (Å²) in [5.41, 5.74) is 1.27. The van der Waals surface area contributed by atoms with E-state index in [2.05, 4.69) is 10.2 Å². The quantitative estimate of drug-likeness (QED) is 0.750. The van der Waals surface area contributed by atoms with Crippen molar-refractivity contribution in [2.45, 2.75) is 0 Å². The highest BCUT2D eigenvalue weighted by atomic mass is 16.2. The molecule has 94 valence electrons. The number of Topliss-reactive ketones (excluding diaryl/α,β-unsaturated/α-hetero) is 1. The van der Waals surface area contributed by atoms with Crippen LogP contribution in [0.5, 0.6) is 0 Å². The van der Waals surface area contributed by atoms with Crippen LogP contribution in [0.15, 0.2) is 24.3 Å². The summed E-state index contributed by atoms with van der Waals surface area (Å²) in [5, 5.41) is 3.27. The first-order valence-corrected chi connectivity index (χ1v) is 6.15. The molecule has 2 heterocycles. The Morgan fingerprint density at radius 2 is 1.83 bits per heavy atom. The summed E-state index contributed by atoms with van der Waals surface area (Å²) in [5.74, 6) is -0.796. The van der Waals surface area contributed by atoms with E-state index in [1.807, 2.05) is 12.1 Å². The zero-order valence-electron chi connectivity index (χ0n) is 10.1. The molecule has 1 saturated heterocycles. The third-order valence-electron chi connectivity index (χ3n) is 3.43. The van der Waals surface area contributed by atoms with Gasteiger partial charge in [0.2, 0.25) is 0 Å². The maximum atomic E-state index is 12.0. The number of benzene rings is 1. The molecule has 3 rings (SSSR count). The van der Waals surface area contributed by atoms with Gasteiger partial charge in [0.1, 0.15) is 0 Å². The summed E-state index contributed by atoms with van der Waals surface area (Å²) in [6, 6.07) is 7.20. The van der Waals surface area contributed by atoms with Gasteiger partial charge in [-0.3, -0.25) is 19.4 Å². The first-order valence-electron chi connectivity index (χ1n) is 6.15. The summed E-state index contributed by atoms with van der Waals surface area (Å²) >= 11 is 0. The van der Waals surface area contributed by atoms with E-state index in [1.54, 1.807) is 17.0 Å². The van der Waals surface area contributed by atoms with Gasteiger partial charge in [-0.15, -0.1) is 0 Å². The summed E-state index contributed by atoms with van der Waals surface area (Å²) in [6.07, 6.45) is 0. The molecule has 0 aliphatic carbocycles. The predicted molar refractivity (Wildman–Crippen MR) is 67.6 cm³/mol. The molecule has 0 saturated carbocycles. The fourth-order valence-electron chi connectivity index (χ4n) is 2.44. The van der Waals surface area contributed by atoms with Crippen LogP contribution >= 0.6 is 0 Å². The lowest BCUT2D eigenvalue weighted by molar-refractivity contribution is -0.114. The van der Waals surface area contributed by atoms with Crippen molar-refractivity contribution in [1.82, 2.24) is 10.2 Å². The number of hydrogen-bond donors (Lipinski definition) is 1. The Kier molecular flexibility index (Phi) is 2.85. The first kappa shape index (κ1) is 11.4. The number of fused-ring (bicyclic) bond motifs is 1. The number of ketones is 1. The lowest BCUT2D eigenvalue weighted by Gasteiger charge is -2.31. The molecule has 18 heavy (non-hydrogen) atoms. The topological polar surface area (TPSA) is 52.7 Å². The van der Waals surface area contributed by atoms with Crippen LogP contribution in [-0.2, 0) is 4.79 Å². The summed E-state index contributed by atoms with van der Waals surface area (Å²) in [7, 11) is 0. The van der Waals surface area contributed by atoms with Crippen LogP contribution in [0.3, 0.4) is 0 Å². The van der Waals surface area contributed by atoms with Crippen LogP contribution < -0.4 is 10.2 Å². The smallest absolute Gasteiger partial charge is 0.300 e. The average molecular weight is 245 g/mol. The van der Waals surface area contributed by atoms with Gasteiger partial charge in [-0.2, -0.15) is 0 Å². The number of carbonyl (C=O) groups excluding carboxylic acids is 2. The van der Waals surface area contributed by atoms with E-state index >= 15 is 0 Å². The largest absolute Gasteiger partial charge is 0.314 e. The van der Waals surface area contributed by atoms with E-state index < -0.39 is 5.91 Å². The zero-order chi connectivity index (χ0) is 12.5. The van der Waals surface area contributed by atoms with Crippen LogP contribution in [-0.4, -0.2) is 49.4 Å². The second kappa shape index (κ2) is 4.51. The van der Waals surface area contributed by atoms with E-state index in [4.69, 9.17) is 0 Å². The van der Waals surface area contributed by atoms with E-state index in [9.17, 15) is 9.59 Å². The van der Waals surface area contributed by atoms with Crippen molar-refractivity contribution in [3.8, 4) is 0 Å². The lowest BCUT2D eigenvalue weighted by atomic mass is 10.1. The highest BCUT2D eigenvalue weighted by Crippen LogP contribution is 2.28. The van der Waals surface area contributed by atoms with Gasteiger partial charge in [0.25, 0.3) is 5.78 Å². The number of hydrogen-bond acceptors (Lipinski definition) is 4. The number of carbonyl (C=O) groups is 2. The Hall–Kier alpha value is -1.72. The molecule has 1 aromatic rings. The Morgan fingerprint density at radius 1 is 1.11 bits per heavy atom. The number of amides is 1. The fourth-order valence-corrected chi connectivity index (χ4v) is 2.44. The van der Waals surface area contributed by atoms with Crippen LogP contribution in [0.2, 0.25) is 0 Å². The minimum absolute atomic E-state index is 0.388. The molecular weight excluding hydrogens is 230 g/mol. The van der Waals surface area contributed by atoms with Crippen LogP contribution in [0.1, 0.15) is 10.4 Å². The molecule has 0 radical (unpaired) electrons. The molecule has 5 nitrogen and oxygen atoms in total. The number of piperazine rings is 1. The maximum absolute atomic E-state index is 12.0. The molecule has 2 aliphatic rings. The van der Waals surface area contributed by atoms with Crippen LogP contribution in [0.4, 0.5) is 5.69 Å². The standard InChI is InChI=1S/C13H15N3O2/c17-12-10-3-1-2-4-11(10)16(13(12)18)9-15-7-5-14-6-8-15/h1-4,14H,5-9H2. The number of rotatable bonds is 2. The molecule has 0 bridgehead atoms. The Bertz CT molecular complexity index is 495. The molecule has 5 heteroatoms. The van der Waals surface area contributed by atoms with E-state index in [0.717, 1.165) is 31.9 Å². The Balaban J connectivity index is 1.83. The van der Waals surface area contributed by atoms with Crippen molar-refractivity contribution in [2.24, 2.45) is 0 Å². The van der Waals surface area contributed by atoms with Crippen molar-refractivity contribution in [3.63, 3.8) is 0 Å². The average Bonchev–Trinajstić information content (AvgIpc) is 2.66. The summed E-state index contributed by atoms with van der Waals surface area (Å²) in [6.45, 7) is 4.17. The molecule has 1 amide bonds. The number of anilines is 1. The third-order valence-corrected chi connectivity index (χ3v) is 3.43. The van der Waals surface area contributed by atoms with Crippen molar-refractivity contribution >= 4 is 17.4 Å². The molecule has 2 aliphatic heterocycles. The van der Waals surface area contributed by atoms with Crippen LogP contribution in [0.25, 0.3) is 0 Å². The van der Waals surface area contributed by atoms with Gasteiger partial charge in [-0.05, 0) is 12.1 Å². The molecule has 0 atom stereocenters. The van der Waals surface area contributed by atoms with Crippen molar-refractivity contribution in [3.05, 3.63) is 29.8 Å². The van der Waals surface area contributed by atoms with Gasteiger partial charge >= 0.3 is 5.91 Å². The van der Waals surface area contributed by atoms with Gasteiger partial charge in [0.05, 0.1) is 17.9 Å². The summed E-state index contributed by atoms with van der Waals surface area (Å²) < 4.78 is 0. The summed E-state index contributed by atoms with van der Waals surface area (Å²) in [4.78, 5) is 27.6. The van der Waals surface area contributed by atoms with Gasteiger partial charge in [0, 0.05) is 26.2 Å². The van der Waals surface area contributed by atoms with Crippen molar-refractivity contribution in [2.75, 3.05) is 37.7 Å². The Morgan fingerprint density at radius 3 is 2.61 bits per heavy atom. The lowest BCUT2D eigenvalue weighted by Crippen LogP contribution is -2.49. The second-order valence-electron chi connectivity index (χ2n) is 4.59. The fraction of sp³-hybridized carbons (Fsp3) is 0.385. The third kappa shape index (κ3) is 1.81. The van der Waals surface area contributed by atoms with E-state index in [0.29, 0.717) is 12.2 Å². The molecule has 1 aromatic carbocycles. The number of nitrogens with one attached hydrogen (secondary N) is 1. The van der Waals surface area contributed by atoms with Gasteiger partial charge in [-0.25, -0.2) is 0 Å². The van der Waals surface area contributed by atoms with Gasteiger partial charge in [0.15, 0.2) is 0 Å². The molecule has 1 fully saturated rings. The Labute approximate surface area is 105 Å². The molecule has 1 N–H and O–H groups in total. The van der Waals surface area contributed by atoms with Gasteiger partial charge < -0.3 is 5.32 Å². The first-order chi connectivity index (χ1) is 8.77. The van der Waals surface area contributed by atoms with E-state index in [-0.39, 0.29) is 5.78 Å². The highest BCUT2D eigenvalue weighted by molar-refractivity contribution is 6.52. The predicted octanol–water partition coefficient (Wildman–Crippen LogP) is 0.0786. The zero-order valence-corrected chi connectivity index (χ0v) is 10.1.